The maximum atomic E-state index is 15.4. The van der Waals surface area contributed by atoms with Gasteiger partial charge in [-0.15, -0.1) is 0 Å². The predicted octanol–water partition coefficient (Wildman–Crippen LogP) is 5.30. The predicted molar refractivity (Wildman–Crippen MR) is 149 cm³/mol. The standard InChI is InChI=1S/C27H29FN8O2/c1-5-35(13-12-33(2)3)23-14-20(28)21(15-24(23)36(37)38)30-27-31-25(18-10-11-29-26(18)32-27)19-16-34(4)22-9-7-6-8-17(19)22/h6-11,14-16H,5,12-13H2,1-4H3,(H2,29,30,31,32). The maximum Gasteiger partial charge on any atom is 0.294 e. The number of para-hydroxylation sites is 1. The van der Waals surface area contributed by atoms with Crippen molar-refractivity contribution in [2.75, 3.05) is 43.9 Å². The highest BCUT2D eigenvalue weighted by Gasteiger charge is 2.24. The van der Waals surface area contributed by atoms with Crippen LogP contribution in [0.5, 0.6) is 0 Å². The Morgan fingerprint density at radius 3 is 2.66 bits per heavy atom. The van der Waals surface area contributed by atoms with Gasteiger partial charge in [-0.05, 0) is 33.2 Å². The molecule has 3 aromatic heterocycles. The van der Waals surface area contributed by atoms with E-state index in [4.69, 9.17) is 4.98 Å². The van der Waals surface area contributed by atoms with Crippen LogP contribution in [0.2, 0.25) is 0 Å². The number of nitrogens with one attached hydrogen (secondary N) is 2. The van der Waals surface area contributed by atoms with Crippen LogP contribution in [0.25, 0.3) is 33.2 Å². The fourth-order valence-electron chi connectivity index (χ4n) is 4.67. The van der Waals surface area contributed by atoms with E-state index >= 15 is 4.39 Å². The number of nitrogens with zero attached hydrogens (tertiary/aromatic N) is 6. The van der Waals surface area contributed by atoms with Gasteiger partial charge in [0.2, 0.25) is 5.95 Å². The number of aromatic nitrogens is 4. The highest BCUT2D eigenvalue weighted by molar-refractivity contribution is 6.02. The Balaban J connectivity index is 1.57. The molecule has 2 aromatic carbocycles. The van der Waals surface area contributed by atoms with E-state index in [1.807, 2.05) is 74.1 Å². The number of benzene rings is 2. The molecule has 0 atom stereocenters. The molecule has 0 unspecified atom stereocenters. The average Bonchev–Trinajstić information content (AvgIpc) is 3.49. The number of aromatic amines is 1. The first-order valence-electron chi connectivity index (χ1n) is 12.3. The molecule has 0 fully saturated rings. The first-order valence-corrected chi connectivity index (χ1v) is 12.3. The Morgan fingerprint density at radius 2 is 1.92 bits per heavy atom. The number of likely N-dealkylation sites (N-methyl/N-ethyl adjacent to an activating group) is 2. The van der Waals surface area contributed by atoms with Crippen LogP contribution in [0.1, 0.15) is 6.92 Å². The van der Waals surface area contributed by atoms with Crippen LogP contribution in [-0.2, 0) is 7.05 Å². The summed E-state index contributed by atoms with van der Waals surface area (Å²) < 4.78 is 17.4. The number of anilines is 3. The summed E-state index contributed by atoms with van der Waals surface area (Å²) in [5.41, 5.74) is 3.16. The molecule has 11 heteroatoms. The van der Waals surface area contributed by atoms with E-state index < -0.39 is 10.7 Å². The lowest BCUT2D eigenvalue weighted by Gasteiger charge is -2.25. The van der Waals surface area contributed by atoms with Crippen LogP contribution < -0.4 is 10.2 Å². The van der Waals surface area contributed by atoms with Gasteiger partial charge in [-0.1, -0.05) is 18.2 Å². The monoisotopic (exact) mass is 516 g/mol. The summed E-state index contributed by atoms with van der Waals surface area (Å²) in [5, 5.41) is 16.7. The number of hydrogen-bond donors (Lipinski definition) is 2. The third kappa shape index (κ3) is 4.63. The zero-order chi connectivity index (χ0) is 27.0. The topological polar surface area (TPSA) is 108 Å². The van der Waals surface area contributed by atoms with Gasteiger partial charge in [-0.2, -0.15) is 4.98 Å². The van der Waals surface area contributed by atoms with Crippen molar-refractivity contribution in [2.45, 2.75) is 6.92 Å². The van der Waals surface area contributed by atoms with Crippen LogP contribution in [0.15, 0.2) is 54.9 Å². The number of nitro benzene ring substituents is 1. The highest BCUT2D eigenvalue weighted by Crippen LogP contribution is 2.36. The molecule has 3 heterocycles. The molecule has 2 N–H and O–H groups in total. The molecule has 5 aromatic rings. The molecule has 196 valence electrons. The molecule has 0 amide bonds. The van der Waals surface area contributed by atoms with E-state index in [2.05, 4.69) is 15.3 Å². The largest absolute Gasteiger partial charge is 0.365 e. The lowest BCUT2D eigenvalue weighted by atomic mass is 10.1. The summed E-state index contributed by atoms with van der Waals surface area (Å²) in [6.07, 6.45) is 3.77. The zero-order valence-electron chi connectivity index (χ0n) is 21.7. The summed E-state index contributed by atoms with van der Waals surface area (Å²) >= 11 is 0. The van der Waals surface area contributed by atoms with Gasteiger partial charge in [-0.3, -0.25) is 10.1 Å². The zero-order valence-corrected chi connectivity index (χ0v) is 21.7. The smallest absolute Gasteiger partial charge is 0.294 e. The van der Waals surface area contributed by atoms with E-state index in [-0.39, 0.29) is 23.0 Å². The molecule has 0 saturated carbocycles. The molecule has 0 aliphatic heterocycles. The van der Waals surface area contributed by atoms with E-state index in [9.17, 15) is 10.1 Å². The van der Waals surface area contributed by atoms with E-state index in [1.54, 1.807) is 11.1 Å². The number of aryl methyl sites for hydroxylation is 1. The number of H-pyrrole nitrogens is 1. The Hall–Kier alpha value is -4.51. The minimum atomic E-state index is -0.629. The van der Waals surface area contributed by atoms with Gasteiger partial charge in [0.15, 0.2) is 0 Å². The fraction of sp³-hybridized carbons (Fsp3) is 0.259. The van der Waals surface area contributed by atoms with Gasteiger partial charge in [-0.25, -0.2) is 9.37 Å². The van der Waals surface area contributed by atoms with Gasteiger partial charge < -0.3 is 24.7 Å². The van der Waals surface area contributed by atoms with Crippen LogP contribution in [0, 0.1) is 15.9 Å². The quantitative estimate of drug-likeness (QED) is 0.202. The van der Waals surface area contributed by atoms with Crippen LogP contribution in [0.3, 0.4) is 0 Å². The number of hydrogen-bond acceptors (Lipinski definition) is 7. The number of rotatable bonds is 9. The summed E-state index contributed by atoms with van der Waals surface area (Å²) in [7, 11) is 5.81. The Labute approximate surface area is 218 Å². The summed E-state index contributed by atoms with van der Waals surface area (Å²) in [6, 6.07) is 12.3. The van der Waals surface area contributed by atoms with Gasteiger partial charge in [0.05, 0.1) is 16.3 Å². The van der Waals surface area contributed by atoms with Crippen LogP contribution in [-0.4, -0.2) is 63.1 Å². The van der Waals surface area contributed by atoms with Crippen molar-refractivity contribution in [1.29, 1.82) is 0 Å². The van der Waals surface area contributed by atoms with Gasteiger partial charge in [0.1, 0.15) is 17.2 Å². The van der Waals surface area contributed by atoms with Crippen LogP contribution >= 0.6 is 0 Å². The molecule has 0 bridgehead atoms. The lowest BCUT2D eigenvalue weighted by molar-refractivity contribution is -0.384. The second-order valence-corrected chi connectivity index (χ2v) is 9.39. The van der Waals surface area contributed by atoms with Crippen molar-refractivity contribution in [3.63, 3.8) is 0 Å². The molecule has 0 saturated heterocycles. The average molecular weight is 517 g/mol. The molecular formula is C27H29FN8O2. The lowest BCUT2D eigenvalue weighted by Crippen LogP contribution is -2.32. The molecule has 0 spiro atoms. The Morgan fingerprint density at radius 1 is 1.13 bits per heavy atom. The molecule has 0 aliphatic rings. The van der Waals surface area contributed by atoms with Gasteiger partial charge in [0, 0.05) is 73.1 Å². The summed E-state index contributed by atoms with van der Waals surface area (Å²) in [4.78, 5) is 27.6. The Bertz CT molecular complexity index is 1640. The second-order valence-electron chi connectivity index (χ2n) is 9.39. The third-order valence-corrected chi connectivity index (χ3v) is 6.61. The number of fused-ring (bicyclic) bond motifs is 2. The SMILES string of the molecule is CCN(CCN(C)C)c1cc(F)c(Nc2nc(-c3cn(C)c4ccccc34)c3cc[nH]c3n2)cc1[N+](=O)[O-]. The van der Waals surface area contributed by atoms with Crippen molar-refractivity contribution in [1.82, 2.24) is 24.4 Å². The van der Waals surface area contributed by atoms with Crippen molar-refractivity contribution in [3.8, 4) is 11.3 Å². The third-order valence-electron chi connectivity index (χ3n) is 6.61. The molecule has 5 rings (SSSR count). The number of halogens is 1. The molecular weight excluding hydrogens is 487 g/mol. The Kier molecular flexibility index (Phi) is 6.68. The first kappa shape index (κ1) is 25.2. The second kappa shape index (κ2) is 10.1. The van der Waals surface area contributed by atoms with Crippen molar-refractivity contribution in [3.05, 3.63) is 70.8 Å². The van der Waals surface area contributed by atoms with Crippen LogP contribution in [0.4, 0.5) is 27.4 Å². The first-order chi connectivity index (χ1) is 18.3. The minimum Gasteiger partial charge on any atom is -0.365 e. The molecule has 10 nitrogen and oxygen atoms in total. The summed E-state index contributed by atoms with van der Waals surface area (Å²) in [5.74, 6) is -0.500. The van der Waals surface area contributed by atoms with E-state index in [0.29, 0.717) is 31.0 Å². The van der Waals surface area contributed by atoms with Gasteiger partial charge in [0.25, 0.3) is 5.69 Å². The fourth-order valence-corrected chi connectivity index (χ4v) is 4.67. The van der Waals surface area contributed by atoms with Crippen molar-refractivity contribution in [2.24, 2.45) is 7.05 Å². The molecule has 38 heavy (non-hydrogen) atoms. The summed E-state index contributed by atoms with van der Waals surface area (Å²) in [6.45, 7) is 3.59. The van der Waals surface area contributed by atoms with Gasteiger partial charge >= 0.3 is 0 Å². The number of nitro groups is 1. The van der Waals surface area contributed by atoms with Crippen molar-refractivity contribution < 1.29 is 9.31 Å². The van der Waals surface area contributed by atoms with E-state index in [1.165, 1.54) is 12.1 Å². The van der Waals surface area contributed by atoms with E-state index in [0.717, 1.165) is 21.9 Å². The normalized spacial score (nSPS) is 11.5. The maximum absolute atomic E-state index is 15.4. The molecule has 0 aliphatic carbocycles. The van der Waals surface area contributed by atoms with Crippen molar-refractivity contribution >= 4 is 44.9 Å². The molecule has 0 radical (unpaired) electrons. The highest BCUT2D eigenvalue weighted by atomic mass is 19.1. The minimum absolute atomic E-state index is 0.0705.